The Kier molecular flexibility index (Phi) is 4.13. The van der Waals surface area contributed by atoms with Crippen molar-refractivity contribution < 1.29 is 0 Å². The third kappa shape index (κ3) is 2.40. The Labute approximate surface area is 123 Å². The summed E-state index contributed by atoms with van der Waals surface area (Å²) in [5, 5.41) is 0. The molecule has 0 saturated heterocycles. The Balaban J connectivity index is 1.73. The molecule has 2 aliphatic carbocycles. The smallest absolute Gasteiger partial charge is 0.0250 e. The van der Waals surface area contributed by atoms with Crippen LogP contribution < -0.4 is 11.3 Å². The molecule has 1 aromatic rings. The quantitative estimate of drug-likeness (QED) is 0.613. The maximum atomic E-state index is 5.90. The van der Waals surface area contributed by atoms with Crippen LogP contribution in [0.25, 0.3) is 0 Å². The van der Waals surface area contributed by atoms with Gasteiger partial charge >= 0.3 is 0 Å². The molecule has 2 heteroatoms. The molecular weight excluding hydrogens is 244 g/mol. The van der Waals surface area contributed by atoms with Crippen molar-refractivity contribution in [1.82, 2.24) is 5.43 Å². The monoisotopic (exact) mass is 272 g/mol. The summed E-state index contributed by atoms with van der Waals surface area (Å²) >= 11 is 0. The molecule has 4 unspecified atom stereocenters. The van der Waals surface area contributed by atoms with E-state index < -0.39 is 0 Å². The summed E-state index contributed by atoms with van der Waals surface area (Å²) in [6, 6.07) is 9.53. The molecule has 2 nitrogen and oxygen atoms in total. The molecular formula is C18H28N2. The molecule has 0 amide bonds. The van der Waals surface area contributed by atoms with Crippen LogP contribution in [0.15, 0.2) is 24.3 Å². The lowest BCUT2D eigenvalue weighted by atomic mass is 9.91. The summed E-state index contributed by atoms with van der Waals surface area (Å²) < 4.78 is 0. The Morgan fingerprint density at radius 1 is 1.25 bits per heavy atom. The van der Waals surface area contributed by atoms with Crippen molar-refractivity contribution in [2.75, 3.05) is 0 Å². The zero-order valence-corrected chi connectivity index (χ0v) is 12.8. The van der Waals surface area contributed by atoms with E-state index in [1.807, 2.05) is 0 Å². The molecule has 0 aliphatic heterocycles. The Bertz CT molecular complexity index is 452. The van der Waals surface area contributed by atoms with E-state index in [2.05, 4.69) is 43.5 Å². The second kappa shape index (κ2) is 5.87. The molecule has 1 fully saturated rings. The van der Waals surface area contributed by atoms with Gasteiger partial charge in [0.15, 0.2) is 0 Å². The average Bonchev–Trinajstić information content (AvgIpc) is 3.23. The Morgan fingerprint density at radius 2 is 2.00 bits per heavy atom. The van der Waals surface area contributed by atoms with Gasteiger partial charge in [-0.3, -0.25) is 11.3 Å². The van der Waals surface area contributed by atoms with E-state index in [-0.39, 0.29) is 0 Å². The highest BCUT2D eigenvalue weighted by atomic mass is 15.2. The minimum absolute atomic E-state index is 0.501. The third-order valence-corrected chi connectivity index (χ3v) is 5.81. The number of benzene rings is 1. The molecule has 1 saturated carbocycles. The second-order valence-corrected chi connectivity index (χ2v) is 6.70. The molecule has 110 valence electrons. The predicted octanol–water partition coefficient (Wildman–Crippen LogP) is 3.62. The van der Waals surface area contributed by atoms with Crippen LogP contribution in [0.4, 0.5) is 0 Å². The average molecular weight is 272 g/mol. The van der Waals surface area contributed by atoms with Gasteiger partial charge in [0.1, 0.15) is 0 Å². The van der Waals surface area contributed by atoms with E-state index in [4.69, 9.17) is 5.84 Å². The molecule has 1 aromatic carbocycles. The van der Waals surface area contributed by atoms with Crippen LogP contribution in [0.5, 0.6) is 0 Å². The SMILES string of the molecule is CCC(CC)CC(NN)C1C2CCc3ccccc3C21. The van der Waals surface area contributed by atoms with Crippen molar-refractivity contribution in [3.8, 4) is 0 Å². The fourth-order valence-electron chi connectivity index (χ4n) is 4.49. The van der Waals surface area contributed by atoms with E-state index >= 15 is 0 Å². The van der Waals surface area contributed by atoms with Gasteiger partial charge in [-0.05, 0) is 54.1 Å². The molecule has 0 bridgehead atoms. The van der Waals surface area contributed by atoms with Gasteiger partial charge in [-0.2, -0.15) is 0 Å². The van der Waals surface area contributed by atoms with E-state index in [1.165, 1.54) is 32.1 Å². The van der Waals surface area contributed by atoms with Crippen molar-refractivity contribution in [2.45, 2.75) is 57.9 Å². The Hall–Kier alpha value is -0.860. The van der Waals surface area contributed by atoms with Crippen molar-refractivity contribution in [3.63, 3.8) is 0 Å². The van der Waals surface area contributed by atoms with Crippen molar-refractivity contribution in [3.05, 3.63) is 35.4 Å². The highest BCUT2D eigenvalue weighted by Crippen LogP contribution is 2.61. The fraction of sp³-hybridized carbons (Fsp3) is 0.667. The van der Waals surface area contributed by atoms with Gasteiger partial charge < -0.3 is 0 Å². The minimum Gasteiger partial charge on any atom is -0.271 e. The summed E-state index contributed by atoms with van der Waals surface area (Å²) in [7, 11) is 0. The maximum Gasteiger partial charge on any atom is 0.0250 e. The number of hydrazine groups is 1. The van der Waals surface area contributed by atoms with E-state index in [1.54, 1.807) is 11.1 Å². The zero-order chi connectivity index (χ0) is 14.1. The lowest BCUT2D eigenvalue weighted by molar-refractivity contribution is 0.331. The Morgan fingerprint density at radius 3 is 2.70 bits per heavy atom. The number of nitrogens with one attached hydrogen (secondary N) is 1. The second-order valence-electron chi connectivity index (χ2n) is 6.70. The third-order valence-electron chi connectivity index (χ3n) is 5.81. The van der Waals surface area contributed by atoms with Gasteiger partial charge in [-0.1, -0.05) is 51.0 Å². The predicted molar refractivity (Wildman–Crippen MR) is 84.3 cm³/mol. The van der Waals surface area contributed by atoms with Crippen LogP contribution >= 0.6 is 0 Å². The van der Waals surface area contributed by atoms with E-state index in [0.717, 1.165) is 23.7 Å². The number of rotatable bonds is 6. The maximum absolute atomic E-state index is 5.90. The van der Waals surface area contributed by atoms with Crippen molar-refractivity contribution >= 4 is 0 Å². The summed E-state index contributed by atoms with van der Waals surface area (Å²) in [5.41, 5.74) is 6.34. The number of fused-ring (bicyclic) bond motifs is 3. The molecule has 3 rings (SSSR count). The van der Waals surface area contributed by atoms with Gasteiger partial charge in [0.2, 0.25) is 0 Å². The molecule has 4 atom stereocenters. The van der Waals surface area contributed by atoms with Crippen LogP contribution in [0, 0.1) is 17.8 Å². The van der Waals surface area contributed by atoms with Crippen LogP contribution in [0.1, 0.15) is 56.6 Å². The van der Waals surface area contributed by atoms with Crippen LogP contribution in [-0.4, -0.2) is 6.04 Å². The number of nitrogens with two attached hydrogens (primary N) is 1. The van der Waals surface area contributed by atoms with Gasteiger partial charge in [0.25, 0.3) is 0 Å². The van der Waals surface area contributed by atoms with Gasteiger partial charge in [-0.15, -0.1) is 0 Å². The van der Waals surface area contributed by atoms with Crippen LogP contribution in [-0.2, 0) is 6.42 Å². The van der Waals surface area contributed by atoms with Crippen molar-refractivity contribution in [1.29, 1.82) is 0 Å². The van der Waals surface area contributed by atoms with E-state index in [9.17, 15) is 0 Å². The van der Waals surface area contributed by atoms with Gasteiger partial charge in [0.05, 0.1) is 0 Å². The first kappa shape index (κ1) is 14.1. The molecule has 0 aromatic heterocycles. The van der Waals surface area contributed by atoms with Gasteiger partial charge in [-0.25, -0.2) is 0 Å². The largest absolute Gasteiger partial charge is 0.271 e. The van der Waals surface area contributed by atoms with E-state index in [0.29, 0.717) is 6.04 Å². The standard InChI is InChI=1S/C18H28N2/c1-3-12(4-2)11-16(20-19)18-15-10-9-13-7-5-6-8-14(13)17(15)18/h5-8,12,15-18,20H,3-4,9-11,19H2,1-2H3. The first-order valence-corrected chi connectivity index (χ1v) is 8.34. The summed E-state index contributed by atoms with van der Waals surface area (Å²) in [4.78, 5) is 0. The summed E-state index contributed by atoms with van der Waals surface area (Å²) in [5.74, 6) is 9.13. The van der Waals surface area contributed by atoms with Crippen LogP contribution in [0.2, 0.25) is 0 Å². The summed E-state index contributed by atoms with van der Waals surface area (Å²) in [6.45, 7) is 4.61. The number of hydrogen-bond donors (Lipinski definition) is 2. The zero-order valence-electron chi connectivity index (χ0n) is 12.8. The minimum atomic E-state index is 0.501. The first-order chi connectivity index (χ1) is 9.80. The number of aryl methyl sites for hydroxylation is 1. The molecule has 3 N–H and O–H groups in total. The molecule has 2 aliphatic rings. The van der Waals surface area contributed by atoms with Crippen LogP contribution in [0.3, 0.4) is 0 Å². The van der Waals surface area contributed by atoms with Crippen molar-refractivity contribution in [2.24, 2.45) is 23.6 Å². The topological polar surface area (TPSA) is 38.0 Å². The normalized spacial score (nSPS) is 28.9. The molecule has 0 radical (unpaired) electrons. The number of hydrogen-bond acceptors (Lipinski definition) is 2. The highest BCUT2D eigenvalue weighted by Gasteiger charge is 2.56. The first-order valence-electron chi connectivity index (χ1n) is 8.34. The lowest BCUT2D eigenvalue weighted by Crippen LogP contribution is -2.39. The summed E-state index contributed by atoms with van der Waals surface area (Å²) in [6.07, 6.45) is 6.40. The van der Waals surface area contributed by atoms with Gasteiger partial charge in [0, 0.05) is 6.04 Å². The molecule has 0 heterocycles. The highest BCUT2D eigenvalue weighted by molar-refractivity contribution is 5.40. The fourth-order valence-corrected chi connectivity index (χ4v) is 4.49. The molecule has 0 spiro atoms. The molecule has 20 heavy (non-hydrogen) atoms. The lowest BCUT2D eigenvalue weighted by Gasteiger charge is -2.21.